The standard InChI is InChI=1S/C24H26N4O3S/c1-5-13-28-22(18-11-9-17(4)10-12-18)26-27-24(28)32-15-21(29)25-20-8-6-7-19(14-20)23(30)31-16(2)3/h5-12,14,16H,1,13,15H2,2-4H3,(H,25,29). The van der Waals surface area contributed by atoms with E-state index in [1.54, 1.807) is 44.2 Å². The van der Waals surface area contributed by atoms with Crippen molar-refractivity contribution >= 4 is 29.3 Å². The van der Waals surface area contributed by atoms with Crippen LogP contribution in [0.1, 0.15) is 29.8 Å². The van der Waals surface area contributed by atoms with Gasteiger partial charge in [0.25, 0.3) is 0 Å². The van der Waals surface area contributed by atoms with Gasteiger partial charge in [0.15, 0.2) is 11.0 Å². The highest BCUT2D eigenvalue weighted by atomic mass is 32.2. The van der Waals surface area contributed by atoms with Gasteiger partial charge in [0.2, 0.25) is 5.91 Å². The average molecular weight is 451 g/mol. The number of rotatable bonds is 9. The summed E-state index contributed by atoms with van der Waals surface area (Å²) >= 11 is 1.29. The summed E-state index contributed by atoms with van der Waals surface area (Å²) in [6.45, 7) is 9.95. The van der Waals surface area contributed by atoms with E-state index in [0.717, 1.165) is 17.0 Å². The molecule has 7 nitrogen and oxygen atoms in total. The van der Waals surface area contributed by atoms with Crippen LogP contribution < -0.4 is 5.32 Å². The molecule has 0 saturated heterocycles. The van der Waals surface area contributed by atoms with Gasteiger partial charge in [0, 0.05) is 17.8 Å². The van der Waals surface area contributed by atoms with Gasteiger partial charge in [-0.15, -0.1) is 16.8 Å². The molecular formula is C24H26N4O3S. The topological polar surface area (TPSA) is 86.1 Å². The second-order valence-corrected chi connectivity index (χ2v) is 8.39. The summed E-state index contributed by atoms with van der Waals surface area (Å²) in [5, 5.41) is 12.0. The third kappa shape index (κ3) is 6.07. The van der Waals surface area contributed by atoms with Gasteiger partial charge in [-0.3, -0.25) is 9.36 Å². The molecule has 166 valence electrons. The average Bonchev–Trinajstić information content (AvgIpc) is 3.15. The predicted molar refractivity (Wildman–Crippen MR) is 127 cm³/mol. The number of ether oxygens (including phenoxy) is 1. The largest absolute Gasteiger partial charge is 0.459 e. The van der Waals surface area contributed by atoms with Crippen molar-refractivity contribution in [3.05, 3.63) is 72.3 Å². The molecular weight excluding hydrogens is 424 g/mol. The lowest BCUT2D eigenvalue weighted by atomic mass is 10.1. The maximum atomic E-state index is 12.5. The molecule has 2 aromatic carbocycles. The Morgan fingerprint density at radius 3 is 2.62 bits per heavy atom. The molecule has 0 aliphatic rings. The highest BCUT2D eigenvalue weighted by Crippen LogP contribution is 2.24. The summed E-state index contributed by atoms with van der Waals surface area (Å²) in [5.74, 6) is 0.231. The number of hydrogen-bond acceptors (Lipinski definition) is 6. The van der Waals surface area contributed by atoms with Crippen LogP contribution in [0.25, 0.3) is 11.4 Å². The molecule has 1 aromatic heterocycles. The summed E-state index contributed by atoms with van der Waals surface area (Å²) in [7, 11) is 0. The minimum absolute atomic E-state index is 0.143. The molecule has 0 unspecified atom stereocenters. The maximum absolute atomic E-state index is 12.5. The van der Waals surface area contributed by atoms with Gasteiger partial charge in [0.05, 0.1) is 17.4 Å². The Balaban J connectivity index is 1.67. The number of carbonyl (C=O) groups excluding carboxylic acids is 2. The first-order chi connectivity index (χ1) is 15.4. The summed E-state index contributed by atoms with van der Waals surface area (Å²) in [6, 6.07) is 14.7. The van der Waals surface area contributed by atoms with E-state index in [2.05, 4.69) is 22.1 Å². The van der Waals surface area contributed by atoms with Crippen molar-refractivity contribution in [1.82, 2.24) is 14.8 Å². The minimum atomic E-state index is -0.424. The Morgan fingerprint density at radius 1 is 1.19 bits per heavy atom. The van der Waals surface area contributed by atoms with Crippen LogP contribution in [0.2, 0.25) is 0 Å². The molecule has 8 heteroatoms. The van der Waals surface area contributed by atoms with E-state index < -0.39 is 5.97 Å². The van der Waals surface area contributed by atoms with Crippen LogP contribution in [0.15, 0.2) is 66.3 Å². The number of amides is 1. The maximum Gasteiger partial charge on any atom is 0.338 e. The van der Waals surface area contributed by atoms with Crippen LogP contribution in [0, 0.1) is 6.92 Å². The van der Waals surface area contributed by atoms with Crippen molar-refractivity contribution < 1.29 is 14.3 Å². The zero-order chi connectivity index (χ0) is 23.1. The van der Waals surface area contributed by atoms with E-state index >= 15 is 0 Å². The Bertz CT molecular complexity index is 1110. The fraction of sp³-hybridized carbons (Fsp3) is 0.250. The molecule has 3 aromatic rings. The summed E-state index contributed by atoms with van der Waals surface area (Å²) < 4.78 is 7.13. The van der Waals surface area contributed by atoms with E-state index in [1.165, 1.54) is 11.8 Å². The Kier molecular flexibility index (Phi) is 7.83. The molecule has 0 bridgehead atoms. The minimum Gasteiger partial charge on any atom is -0.459 e. The number of benzene rings is 2. The molecule has 0 fully saturated rings. The summed E-state index contributed by atoms with van der Waals surface area (Å²) in [6.07, 6.45) is 1.56. The second kappa shape index (κ2) is 10.8. The Hall–Kier alpha value is -3.39. The molecule has 1 heterocycles. The summed E-state index contributed by atoms with van der Waals surface area (Å²) in [4.78, 5) is 24.6. The number of nitrogens with one attached hydrogen (secondary N) is 1. The second-order valence-electron chi connectivity index (χ2n) is 7.44. The number of anilines is 1. The molecule has 1 N–H and O–H groups in total. The van der Waals surface area contributed by atoms with Gasteiger partial charge in [-0.1, -0.05) is 53.7 Å². The fourth-order valence-electron chi connectivity index (χ4n) is 2.94. The lowest BCUT2D eigenvalue weighted by Crippen LogP contribution is -2.16. The van der Waals surface area contributed by atoms with E-state index in [4.69, 9.17) is 4.74 Å². The van der Waals surface area contributed by atoms with Gasteiger partial charge in [-0.2, -0.15) is 0 Å². The lowest BCUT2D eigenvalue weighted by molar-refractivity contribution is -0.113. The number of aryl methyl sites for hydroxylation is 1. The van der Waals surface area contributed by atoms with E-state index in [0.29, 0.717) is 23.0 Å². The molecule has 0 aliphatic carbocycles. The number of thioether (sulfide) groups is 1. The third-order valence-electron chi connectivity index (χ3n) is 4.40. The molecule has 0 radical (unpaired) electrons. The zero-order valence-corrected chi connectivity index (χ0v) is 19.2. The zero-order valence-electron chi connectivity index (χ0n) is 18.4. The van der Waals surface area contributed by atoms with Crippen LogP contribution in [0.4, 0.5) is 5.69 Å². The highest BCUT2D eigenvalue weighted by Gasteiger charge is 2.16. The van der Waals surface area contributed by atoms with E-state index in [-0.39, 0.29) is 17.8 Å². The predicted octanol–water partition coefficient (Wildman–Crippen LogP) is 4.74. The van der Waals surface area contributed by atoms with Crippen molar-refractivity contribution in [3.63, 3.8) is 0 Å². The molecule has 1 amide bonds. The first-order valence-electron chi connectivity index (χ1n) is 10.2. The number of carbonyl (C=O) groups is 2. The van der Waals surface area contributed by atoms with Crippen LogP contribution in [-0.4, -0.2) is 38.5 Å². The van der Waals surface area contributed by atoms with Crippen molar-refractivity contribution in [2.24, 2.45) is 0 Å². The first kappa shape index (κ1) is 23.3. The molecule has 0 atom stereocenters. The van der Waals surface area contributed by atoms with Crippen LogP contribution in [0.3, 0.4) is 0 Å². The van der Waals surface area contributed by atoms with Crippen LogP contribution in [-0.2, 0) is 16.1 Å². The Morgan fingerprint density at radius 2 is 1.94 bits per heavy atom. The van der Waals surface area contributed by atoms with Crippen molar-refractivity contribution in [2.45, 2.75) is 38.6 Å². The molecule has 3 rings (SSSR count). The van der Waals surface area contributed by atoms with Crippen molar-refractivity contribution in [2.75, 3.05) is 11.1 Å². The van der Waals surface area contributed by atoms with Crippen LogP contribution in [0.5, 0.6) is 0 Å². The Labute approximate surface area is 191 Å². The van der Waals surface area contributed by atoms with Crippen LogP contribution >= 0.6 is 11.8 Å². The van der Waals surface area contributed by atoms with Crippen molar-refractivity contribution in [3.8, 4) is 11.4 Å². The number of esters is 1. The first-order valence-corrected chi connectivity index (χ1v) is 11.2. The van der Waals surface area contributed by atoms with Gasteiger partial charge in [0.1, 0.15) is 0 Å². The number of nitrogens with zero attached hydrogens (tertiary/aromatic N) is 3. The number of allylic oxidation sites excluding steroid dienone is 1. The van der Waals surface area contributed by atoms with Gasteiger partial charge in [-0.05, 0) is 39.0 Å². The monoisotopic (exact) mass is 450 g/mol. The number of aromatic nitrogens is 3. The van der Waals surface area contributed by atoms with E-state index in [1.807, 2.05) is 35.8 Å². The number of hydrogen-bond donors (Lipinski definition) is 1. The molecule has 0 aliphatic heterocycles. The molecule has 32 heavy (non-hydrogen) atoms. The molecule has 0 spiro atoms. The van der Waals surface area contributed by atoms with Crippen molar-refractivity contribution in [1.29, 1.82) is 0 Å². The third-order valence-corrected chi connectivity index (χ3v) is 5.36. The van der Waals surface area contributed by atoms with Gasteiger partial charge >= 0.3 is 5.97 Å². The normalized spacial score (nSPS) is 10.8. The summed E-state index contributed by atoms with van der Waals surface area (Å²) in [5.41, 5.74) is 3.03. The highest BCUT2D eigenvalue weighted by molar-refractivity contribution is 7.99. The van der Waals surface area contributed by atoms with E-state index in [9.17, 15) is 9.59 Å². The SMILES string of the molecule is C=CCn1c(SCC(=O)Nc2cccc(C(=O)OC(C)C)c2)nnc1-c1ccc(C)cc1. The quantitative estimate of drug-likeness (QED) is 0.288. The smallest absolute Gasteiger partial charge is 0.338 e. The molecule has 0 saturated carbocycles. The lowest BCUT2D eigenvalue weighted by Gasteiger charge is -2.10. The van der Waals surface area contributed by atoms with Gasteiger partial charge < -0.3 is 10.1 Å². The van der Waals surface area contributed by atoms with Gasteiger partial charge in [-0.25, -0.2) is 4.79 Å². The fourth-order valence-corrected chi connectivity index (χ4v) is 3.69.